The predicted molar refractivity (Wildman–Crippen MR) is 99.3 cm³/mol. The molecule has 0 radical (unpaired) electrons. The zero-order valence-corrected chi connectivity index (χ0v) is 15.6. The topological polar surface area (TPSA) is 57.7 Å². The van der Waals surface area contributed by atoms with Gasteiger partial charge in [-0.15, -0.1) is 0 Å². The van der Waals surface area contributed by atoms with E-state index >= 15 is 0 Å². The number of carbonyl (C=O) groups is 1. The summed E-state index contributed by atoms with van der Waals surface area (Å²) >= 11 is 6.32. The van der Waals surface area contributed by atoms with Crippen LogP contribution in [0.5, 0.6) is 0 Å². The molecule has 0 aromatic carbocycles. The van der Waals surface area contributed by atoms with Gasteiger partial charge in [0.05, 0.1) is 23.8 Å². The van der Waals surface area contributed by atoms with Gasteiger partial charge in [0.25, 0.3) is 5.91 Å². The number of pyridine rings is 1. The molecule has 138 valence electrons. The van der Waals surface area contributed by atoms with Gasteiger partial charge in [-0.25, -0.2) is 4.98 Å². The van der Waals surface area contributed by atoms with Crippen molar-refractivity contribution >= 4 is 23.3 Å². The normalized spacial score (nSPS) is 22.0. The smallest absolute Gasteiger partial charge is 0.255 e. The lowest BCUT2D eigenvalue weighted by atomic mass is 10.0. The summed E-state index contributed by atoms with van der Waals surface area (Å²) in [5.41, 5.74) is 0.530. The molecule has 3 heterocycles. The molecule has 3 rings (SSSR count). The van der Waals surface area contributed by atoms with Crippen LogP contribution < -0.4 is 5.32 Å². The van der Waals surface area contributed by atoms with Crippen LogP contribution in [-0.2, 0) is 4.74 Å². The van der Waals surface area contributed by atoms with Crippen LogP contribution in [0, 0.1) is 5.92 Å². The van der Waals surface area contributed by atoms with Crippen molar-refractivity contribution < 1.29 is 9.53 Å². The summed E-state index contributed by atoms with van der Waals surface area (Å²) in [6.45, 7) is 8.82. The van der Waals surface area contributed by atoms with Crippen molar-refractivity contribution in [3.8, 4) is 0 Å². The Morgan fingerprint density at radius 3 is 2.92 bits per heavy atom. The molecule has 1 aromatic heterocycles. The number of rotatable bonds is 5. The standard InChI is InChI=1S/C18H27ClN4O2/c1-14-3-2-5-22(13-14)6-4-20-17-16(19)11-15(12-21-17)18(24)23-7-9-25-10-8-23/h11-12,14H,2-10,13H2,1H3,(H,20,21). The van der Waals surface area contributed by atoms with Crippen molar-refractivity contribution in [3.05, 3.63) is 22.8 Å². The van der Waals surface area contributed by atoms with Crippen molar-refractivity contribution in [1.82, 2.24) is 14.8 Å². The van der Waals surface area contributed by atoms with Crippen LogP contribution in [0.1, 0.15) is 30.1 Å². The van der Waals surface area contributed by atoms with E-state index in [0.29, 0.717) is 42.7 Å². The molecule has 2 aliphatic heterocycles. The van der Waals surface area contributed by atoms with Crippen LogP contribution in [0.3, 0.4) is 0 Å². The number of likely N-dealkylation sites (tertiary alicyclic amines) is 1. The SMILES string of the molecule is CC1CCCN(CCNc2ncc(C(=O)N3CCOCC3)cc2Cl)C1. The van der Waals surface area contributed by atoms with Crippen LogP contribution in [0.15, 0.2) is 12.3 Å². The van der Waals surface area contributed by atoms with Crippen molar-refractivity contribution in [1.29, 1.82) is 0 Å². The molecule has 1 atom stereocenters. The fourth-order valence-electron chi connectivity index (χ4n) is 3.46. The highest BCUT2D eigenvalue weighted by Crippen LogP contribution is 2.21. The summed E-state index contributed by atoms with van der Waals surface area (Å²) in [6, 6.07) is 1.71. The van der Waals surface area contributed by atoms with E-state index in [1.165, 1.54) is 19.4 Å². The number of morpholine rings is 1. The number of aromatic nitrogens is 1. The predicted octanol–water partition coefficient (Wildman–Crippen LogP) is 2.35. The molecule has 7 heteroatoms. The first kappa shape index (κ1) is 18.4. The number of anilines is 1. The van der Waals surface area contributed by atoms with Crippen LogP contribution in [0.4, 0.5) is 5.82 Å². The highest BCUT2D eigenvalue weighted by molar-refractivity contribution is 6.33. The van der Waals surface area contributed by atoms with Gasteiger partial charge in [0, 0.05) is 38.9 Å². The molecule has 2 fully saturated rings. The molecule has 0 spiro atoms. The molecule has 0 bridgehead atoms. The summed E-state index contributed by atoms with van der Waals surface area (Å²) in [7, 11) is 0. The second-order valence-corrected chi connectivity index (χ2v) is 7.34. The van der Waals surface area contributed by atoms with E-state index in [4.69, 9.17) is 16.3 Å². The van der Waals surface area contributed by atoms with E-state index in [-0.39, 0.29) is 5.91 Å². The largest absolute Gasteiger partial charge is 0.378 e. The zero-order chi connectivity index (χ0) is 17.6. The number of hydrogen-bond acceptors (Lipinski definition) is 5. The molecular formula is C18H27ClN4O2. The van der Waals surface area contributed by atoms with Gasteiger partial charge in [-0.2, -0.15) is 0 Å². The number of carbonyl (C=O) groups excluding carboxylic acids is 1. The summed E-state index contributed by atoms with van der Waals surface area (Å²) in [5, 5.41) is 3.78. The number of nitrogens with one attached hydrogen (secondary N) is 1. The van der Waals surface area contributed by atoms with E-state index in [2.05, 4.69) is 22.1 Å². The Hall–Kier alpha value is -1.37. The molecular weight excluding hydrogens is 340 g/mol. The highest BCUT2D eigenvalue weighted by Gasteiger charge is 2.20. The fourth-order valence-corrected chi connectivity index (χ4v) is 3.69. The fraction of sp³-hybridized carbons (Fsp3) is 0.667. The maximum atomic E-state index is 12.5. The molecule has 6 nitrogen and oxygen atoms in total. The van der Waals surface area contributed by atoms with Gasteiger partial charge in [0.1, 0.15) is 5.82 Å². The monoisotopic (exact) mass is 366 g/mol. The van der Waals surface area contributed by atoms with Gasteiger partial charge in [0.2, 0.25) is 0 Å². The van der Waals surface area contributed by atoms with Crippen molar-refractivity contribution in [2.24, 2.45) is 5.92 Å². The Morgan fingerprint density at radius 1 is 1.40 bits per heavy atom. The zero-order valence-electron chi connectivity index (χ0n) is 14.8. The molecule has 0 saturated carbocycles. The summed E-state index contributed by atoms with van der Waals surface area (Å²) in [5.74, 6) is 1.39. The Balaban J connectivity index is 1.52. The second-order valence-electron chi connectivity index (χ2n) is 6.93. The third-order valence-corrected chi connectivity index (χ3v) is 5.14. The third kappa shape index (κ3) is 5.06. The van der Waals surface area contributed by atoms with Gasteiger partial charge in [0.15, 0.2) is 0 Å². The minimum Gasteiger partial charge on any atom is -0.378 e. The molecule has 1 aromatic rings. The molecule has 1 amide bonds. The van der Waals surface area contributed by atoms with Gasteiger partial charge in [-0.1, -0.05) is 18.5 Å². The number of nitrogens with zero attached hydrogens (tertiary/aromatic N) is 3. The van der Waals surface area contributed by atoms with Crippen molar-refractivity contribution in [2.45, 2.75) is 19.8 Å². The summed E-state index contributed by atoms with van der Waals surface area (Å²) < 4.78 is 5.28. The van der Waals surface area contributed by atoms with Crippen LogP contribution in [0.25, 0.3) is 0 Å². The van der Waals surface area contributed by atoms with Gasteiger partial charge >= 0.3 is 0 Å². The number of piperidine rings is 1. The number of hydrogen-bond donors (Lipinski definition) is 1. The van der Waals surface area contributed by atoms with Gasteiger partial charge in [-0.05, 0) is 31.4 Å². The number of halogens is 1. The number of ether oxygens (including phenoxy) is 1. The molecule has 2 saturated heterocycles. The first-order valence-electron chi connectivity index (χ1n) is 9.12. The van der Waals surface area contributed by atoms with Gasteiger partial charge < -0.3 is 19.9 Å². The first-order valence-corrected chi connectivity index (χ1v) is 9.50. The second kappa shape index (κ2) is 8.83. The summed E-state index contributed by atoms with van der Waals surface area (Å²) in [4.78, 5) is 21.1. The van der Waals surface area contributed by atoms with E-state index in [9.17, 15) is 4.79 Å². The lowest BCUT2D eigenvalue weighted by Crippen LogP contribution is -2.40. The third-order valence-electron chi connectivity index (χ3n) is 4.85. The molecule has 1 N–H and O–H groups in total. The Morgan fingerprint density at radius 2 is 2.20 bits per heavy atom. The Kier molecular flexibility index (Phi) is 6.51. The number of amides is 1. The minimum atomic E-state index is -0.0356. The lowest BCUT2D eigenvalue weighted by Gasteiger charge is -2.30. The van der Waals surface area contributed by atoms with E-state index in [1.54, 1.807) is 17.2 Å². The van der Waals surface area contributed by atoms with E-state index < -0.39 is 0 Å². The summed E-state index contributed by atoms with van der Waals surface area (Å²) in [6.07, 6.45) is 4.21. The van der Waals surface area contributed by atoms with Crippen molar-refractivity contribution in [3.63, 3.8) is 0 Å². The Labute approximate surface area is 154 Å². The first-order chi connectivity index (χ1) is 12.1. The van der Waals surface area contributed by atoms with Crippen molar-refractivity contribution in [2.75, 3.05) is 57.8 Å². The maximum absolute atomic E-state index is 12.5. The quantitative estimate of drug-likeness (QED) is 0.866. The molecule has 0 aliphatic carbocycles. The Bertz CT molecular complexity index is 592. The van der Waals surface area contributed by atoms with Crippen LogP contribution >= 0.6 is 11.6 Å². The molecule has 25 heavy (non-hydrogen) atoms. The molecule has 2 aliphatic rings. The molecule has 1 unspecified atom stereocenters. The van der Waals surface area contributed by atoms with Crippen LogP contribution in [0.2, 0.25) is 5.02 Å². The minimum absolute atomic E-state index is 0.0356. The maximum Gasteiger partial charge on any atom is 0.255 e. The highest BCUT2D eigenvalue weighted by atomic mass is 35.5. The van der Waals surface area contributed by atoms with Gasteiger partial charge in [-0.3, -0.25) is 4.79 Å². The average molecular weight is 367 g/mol. The van der Waals surface area contributed by atoms with Crippen LogP contribution in [-0.4, -0.2) is 73.2 Å². The average Bonchev–Trinajstić information content (AvgIpc) is 2.63. The van der Waals surface area contributed by atoms with E-state index in [0.717, 1.165) is 25.6 Å². The van der Waals surface area contributed by atoms with E-state index in [1.807, 2.05) is 0 Å². The lowest BCUT2D eigenvalue weighted by molar-refractivity contribution is 0.0302.